The fraction of sp³-hybridized carbons (Fsp3) is 0.238. The summed E-state index contributed by atoms with van der Waals surface area (Å²) in [7, 11) is 0. The number of rotatable bonds is 5. The van der Waals surface area contributed by atoms with Crippen molar-refractivity contribution in [3.8, 4) is 5.69 Å². The van der Waals surface area contributed by atoms with Crippen molar-refractivity contribution >= 4 is 40.7 Å². The summed E-state index contributed by atoms with van der Waals surface area (Å²) in [6.45, 7) is 1.65. The summed E-state index contributed by atoms with van der Waals surface area (Å²) >= 11 is 12.0. The normalized spacial score (nSPS) is 15.5. The molecule has 2 aromatic carbocycles. The highest BCUT2D eigenvalue weighted by molar-refractivity contribution is 6.31. The van der Waals surface area contributed by atoms with Gasteiger partial charge in [0.05, 0.1) is 17.6 Å². The monoisotopic (exact) mass is 461 g/mol. The molecule has 0 spiro atoms. The number of hydrogen-bond donors (Lipinski definition) is 0. The Morgan fingerprint density at radius 3 is 2.45 bits per heavy atom. The molecule has 0 saturated carbocycles. The van der Waals surface area contributed by atoms with Crippen LogP contribution < -0.4 is 4.90 Å². The van der Waals surface area contributed by atoms with Gasteiger partial charge >= 0.3 is 0 Å². The van der Waals surface area contributed by atoms with Crippen LogP contribution in [0.3, 0.4) is 0 Å². The lowest BCUT2D eigenvalue weighted by Gasteiger charge is -2.38. The molecule has 10 heteroatoms. The Hall–Kier alpha value is -2.97. The van der Waals surface area contributed by atoms with Gasteiger partial charge in [-0.3, -0.25) is 14.5 Å². The van der Waals surface area contributed by atoms with Gasteiger partial charge in [0.15, 0.2) is 5.15 Å². The van der Waals surface area contributed by atoms with Gasteiger partial charge in [-0.2, -0.15) is 0 Å². The van der Waals surface area contributed by atoms with Gasteiger partial charge < -0.3 is 4.90 Å². The largest absolute Gasteiger partial charge is 0.329 e. The fourth-order valence-electron chi connectivity index (χ4n) is 3.59. The van der Waals surface area contributed by atoms with Crippen molar-refractivity contribution < 1.29 is 14.0 Å². The summed E-state index contributed by atoms with van der Waals surface area (Å²) in [5.41, 5.74) is 1.85. The quantitative estimate of drug-likeness (QED) is 0.582. The summed E-state index contributed by atoms with van der Waals surface area (Å²) in [6, 6.07) is 10.8. The minimum absolute atomic E-state index is 0.0781. The molecule has 1 aliphatic heterocycles. The molecule has 1 fully saturated rings. The van der Waals surface area contributed by atoms with E-state index in [1.54, 1.807) is 35.2 Å². The Morgan fingerprint density at radius 1 is 1.03 bits per heavy atom. The first-order valence-electron chi connectivity index (χ1n) is 9.54. The van der Waals surface area contributed by atoms with Crippen molar-refractivity contribution in [2.75, 3.05) is 18.0 Å². The van der Waals surface area contributed by atoms with Crippen molar-refractivity contribution in [2.24, 2.45) is 0 Å². The summed E-state index contributed by atoms with van der Waals surface area (Å²) < 4.78 is 14.6. The van der Waals surface area contributed by atoms with Crippen molar-refractivity contribution in [3.05, 3.63) is 70.2 Å². The molecular formula is C21H18Cl2FN5O2. The van der Waals surface area contributed by atoms with Crippen molar-refractivity contribution in [2.45, 2.75) is 19.4 Å². The van der Waals surface area contributed by atoms with Gasteiger partial charge in [0.2, 0.25) is 11.8 Å². The number of aromatic nitrogens is 3. The Bertz CT molecular complexity index is 1140. The van der Waals surface area contributed by atoms with Gasteiger partial charge in [0, 0.05) is 11.1 Å². The van der Waals surface area contributed by atoms with Crippen LogP contribution in [0, 0.1) is 5.82 Å². The lowest BCUT2D eigenvalue weighted by Crippen LogP contribution is -2.57. The molecule has 160 valence electrons. The number of halogens is 3. The molecule has 1 aromatic heterocycles. The van der Waals surface area contributed by atoms with Crippen LogP contribution in [-0.2, 0) is 16.0 Å². The van der Waals surface area contributed by atoms with Crippen LogP contribution in [0.2, 0.25) is 10.2 Å². The SMILES string of the molecule is CC(Cc1ccc(F)cc1)N1CC(=O)N(c2cc(Cl)ccc2-n2cc(Cl)nn2)CC1=O. The summed E-state index contributed by atoms with van der Waals surface area (Å²) in [5.74, 6) is -0.765. The number of carbonyl (C=O) groups is 2. The Balaban J connectivity index is 1.56. The number of piperazine rings is 1. The summed E-state index contributed by atoms with van der Waals surface area (Å²) in [6.07, 6.45) is 2.01. The Kier molecular flexibility index (Phi) is 5.93. The third kappa shape index (κ3) is 4.55. The van der Waals surface area contributed by atoms with Gasteiger partial charge in [-0.25, -0.2) is 9.07 Å². The van der Waals surface area contributed by atoms with Crippen LogP contribution >= 0.6 is 23.2 Å². The van der Waals surface area contributed by atoms with E-state index < -0.39 is 0 Å². The second-order valence-corrected chi connectivity index (χ2v) is 8.12. The van der Waals surface area contributed by atoms with Gasteiger partial charge in [-0.05, 0) is 49.2 Å². The first-order valence-corrected chi connectivity index (χ1v) is 10.3. The third-order valence-electron chi connectivity index (χ3n) is 5.14. The van der Waals surface area contributed by atoms with Gasteiger partial charge in [-0.15, -0.1) is 5.10 Å². The van der Waals surface area contributed by atoms with Crippen molar-refractivity contribution in [1.82, 2.24) is 19.9 Å². The van der Waals surface area contributed by atoms with Gasteiger partial charge in [0.25, 0.3) is 0 Å². The van der Waals surface area contributed by atoms with E-state index in [1.807, 2.05) is 6.92 Å². The molecule has 7 nitrogen and oxygen atoms in total. The highest BCUT2D eigenvalue weighted by Gasteiger charge is 2.34. The molecule has 4 rings (SSSR count). The molecule has 1 atom stereocenters. The fourth-order valence-corrected chi connectivity index (χ4v) is 3.89. The topological polar surface area (TPSA) is 71.3 Å². The summed E-state index contributed by atoms with van der Waals surface area (Å²) in [4.78, 5) is 28.9. The maximum Gasteiger partial charge on any atom is 0.247 e. The first kappa shape index (κ1) is 21.3. The van der Waals surface area contributed by atoms with Crippen LogP contribution in [-0.4, -0.2) is 50.8 Å². The van der Waals surface area contributed by atoms with E-state index in [0.29, 0.717) is 22.8 Å². The predicted molar refractivity (Wildman–Crippen MR) is 115 cm³/mol. The number of benzene rings is 2. The second-order valence-electron chi connectivity index (χ2n) is 7.30. The second kappa shape index (κ2) is 8.64. The number of anilines is 1. The minimum Gasteiger partial charge on any atom is -0.329 e. The van der Waals surface area contributed by atoms with Crippen LogP contribution in [0.15, 0.2) is 48.7 Å². The number of carbonyl (C=O) groups excluding carboxylic acids is 2. The van der Waals surface area contributed by atoms with E-state index in [9.17, 15) is 14.0 Å². The predicted octanol–water partition coefficient (Wildman–Crippen LogP) is 3.52. The lowest BCUT2D eigenvalue weighted by molar-refractivity contribution is -0.140. The molecule has 1 aliphatic rings. The zero-order chi connectivity index (χ0) is 22.1. The highest BCUT2D eigenvalue weighted by atomic mass is 35.5. The maximum atomic E-state index is 13.1. The molecule has 0 radical (unpaired) electrons. The number of amides is 2. The molecular weight excluding hydrogens is 444 g/mol. The maximum absolute atomic E-state index is 13.1. The number of hydrogen-bond acceptors (Lipinski definition) is 4. The van der Waals surface area contributed by atoms with Gasteiger partial charge in [0.1, 0.15) is 18.9 Å². The average Bonchev–Trinajstić information content (AvgIpc) is 3.17. The van der Waals surface area contributed by atoms with Gasteiger partial charge in [-0.1, -0.05) is 40.5 Å². The molecule has 0 bridgehead atoms. The van der Waals surface area contributed by atoms with E-state index in [2.05, 4.69) is 10.3 Å². The molecule has 2 amide bonds. The molecule has 1 saturated heterocycles. The number of nitrogens with zero attached hydrogens (tertiary/aromatic N) is 5. The Morgan fingerprint density at radius 2 is 1.77 bits per heavy atom. The van der Waals surface area contributed by atoms with Crippen molar-refractivity contribution in [1.29, 1.82) is 0 Å². The highest BCUT2D eigenvalue weighted by Crippen LogP contribution is 2.30. The smallest absolute Gasteiger partial charge is 0.247 e. The van der Waals surface area contributed by atoms with Crippen LogP contribution in [0.25, 0.3) is 5.69 Å². The lowest BCUT2D eigenvalue weighted by atomic mass is 10.0. The van der Waals surface area contributed by atoms with Crippen LogP contribution in [0.4, 0.5) is 10.1 Å². The molecule has 1 unspecified atom stereocenters. The standard InChI is InChI=1S/C21H18Cl2FN5O2/c1-13(8-14-2-5-16(24)6-3-14)27-11-21(31)28(12-20(27)30)18-9-15(22)4-7-17(18)29-10-19(23)25-26-29/h2-7,9-10,13H,8,11-12H2,1H3. The zero-order valence-electron chi connectivity index (χ0n) is 16.5. The van der Waals surface area contributed by atoms with Crippen LogP contribution in [0.5, 0.6) is 0 Å². The molecule has 31 heavy (non-hydrogen) atoms. The van der Waals surface area contributed by atoms with E-state index >= 15 is 0 Å². The van der Waals surface area contributed by atoms with E-state index in [4.69, 9.17) is 23.2 Å². The molecule has 3 aromatic rings. The van der Waals surface area contributed by atoms with E-state index in [1.165, 1.54) is 27.9 Å². The zero-order valence-corrected chi connectivity index (χ0v) is 18.0. The summed E-state index contributed by atoms with van der Waals surface area (Å²) in [5, 5.41) is 8.31. The molecule has 0 aliphatic carbocycles. The van der Waals surface area contributed by atoms with Crippen molar-refractivity contribution in [3.63, 3.8) is 0 Å². The third-order valence-corrected chi connectivity index (χ3v) is 5.55. The molecule has 0 N–H and O–H groups in total. The molecule has 2 heterocycles. The van der Waals surface area contributed by atoms with Crippen LogP contribution in [0.1, 0.15) is 12.5 Å². The van der Waals surface area contributed by atoms with E-state index in [0.717, 1.165) is 5.56 Å². The minimum atomic E-state index is -0.317. The Labute approximate surface area is 188 Å². The van der Waals surface area contributed by atoms with E-state index in [-0.39, 0.29) is 41.9 Å². The average molecular weight is 462 g/mol. The first-order chi connectivity index (χ1) is 14.8.